The Labute approximate surface area is 140 Å². The molecule has 1 atom stereocenters. The fourth-order valence-corrected chi connectivity index (χ4v) is 5.20. The molecule has 2 rings (SSSR count). The Bertz CT molecular complexity index is 563. The number of aromatic nitrogens is 2. The molecule has 0 fully saturated rings. The summed E-state index contributed by atoms with van der Waals surface area (Å²) in [4.78, 5) is 0. The van der Waals surface area contributed by atoms with Crippen molar-refractivity contribution < 1.29 is 5.11 Å². The van der Waals surface area contributed by atoms with Crippen molar-refractivity contribution in [3.8, 4) is 0 Å². The first-order chi connectivity index (χ1) is 9.55. The van der Waals surface area contributed by atoms with Crippen LogP contribution in [0.2, 0.25) is 0 Å². The minimum absolute atomic E-state index is 0.447. The molecule has 110 valence electrons. The van der Waals surface area contributed by atoms with Crippen molar-refractivity contribution in [3.05, 3.63) is 37.2 Å². The van der Waals surface area contributed by atoms with Gasteiger partial charge in [-0.05, 0) is 56.8 Å². The van der Waals surface area contributed by atoms with Crippen LogP contribution in [0.15, 0.2) is 25.9 Å². The molecule has 0 bridgehead atoms. The van der Waals surface area contributed by atoms with Gasteiger partial charge >= 0.3 is 0 Å². The van der Waals surface area contributed by atoms with E-state index < -0.39 is 6.10 Å². The number of nitrogens with zero attached hydrogens (tertiary/aromatic N) is 2. The number of aliphatic hydroxyl groups excluding tert-OH is 1. The van der Waals surface area contributed by atoms with E-state index in [1.807, 2.05) is 23.0 Å². The van der Waals surface area contributed by atoms with Crippen LogP contribution < -0.4 is 0 Å². The summed E-state index contributed by atoms with van der Waals surface area (Å²) in [5.74, 6) is 0. The largest absolute Gasteiger partial charge is 0.388 e. The summed E-state index contributed by atoms with van der Waals surface area (Å²) in [6, 6.07) is 4.40. The zero-order valence-electron chi connectivity index (χ0n) is 11.5. The maximum absolute atomic E-state index is 10.3. The monoisotopic (exact) mass is 420 g/mol. The van der Waals surface area contributed by atoms with Gasteiger partial charge in [0.25, 0.3) is 0 Å². The molecule has 0 aliphatic heterocycles. The lowest BCUT2D eigenvalue weighted by molar-refractivity contribution is 0.176. The second-order valence-corrected chi connectivity index (χ2v) is 8.51. The van der Waals surface area contributed by atoms with Gasteiger partial charge in [-0.3, -0.25) is 4.68 Å². The Kier molecular flexibility index (Phi) is 5.84. The smallest absolute Gasteiger partial charge is 0.0865 e. The van der Waals surface area contributed by atoms with Crippen molar-refractivity contribution in [2.45, 2.75) is 45.3 Å². The van der Waals surface area contributed by atoms with Crippen LogP contribution in [0.5, 0.6) is 0 Å². The highest BCUT2D eigenvalue weighted by atomic mass is 79.9. The van der Waals surface area contributed by atoms with Crippen LogP contribution in [-0.4, -0.2) is 14.9 Å². The number of aliphatic hydroxyl groups is 1. The lowest BCUT2D eigenvalue weighted by Gasteiger charge is -2.13. The molecule has 2 heterocycles. The maximum atomic E-state index is 10.3. The highest BCUT2D eigenvalue weighted by Crippen LogP contribution is 2.36. The van der Waals surface area contributed by atoms with Gasteiger partial charge in [0.05, 0.1) is 25.4 Å². The second-order valence-electron chi connectivity index (χ2n) is 4.76. The standard InChI is InChI=1S/C14H18Br2N2OS/c1-3-10(4-2)18-6-5-9(17-18)7-12(19)11-8-13(15)20-14(11)16/h5-6,8,10,12,19H,3-4,7H2,1-2H3. The molecular formula is C14H18Br2N2OS. The molecule has 0 aromatic carbocycles. The van der Waals surface area contributed by atoms with E-state index in [-0.39, 0.29) is 0 Å². The van der Waals surface area contributed by atoms with Gasteiger partial charge < -0.3 is 5.11 Å². The molecule has 2 aromatic heterocycles. The van der Waals surface area contributed by atoms with E-state index in [4.69, 9.17) is 0 Å². The van der Waals surface area contributed by atoms with Crippen molar-refractivity contribution in [3.63, 3.8) is 0 Å². The molecule has 6 heteroatoms. The van der Waals surface area contributed by atoms with E-state index in [9.17, 15) is 5.11 Å². The Morgan fingerprint density at radius 1 is 1.35 bits per heavy atom. The minimum Gasteiger partial charge on any atom is -0.388 e. The molecule has 3 nitrogen and oxygen atoms in total. The molecule has 0 saturated heterocycles. The van der Waals surface area contributed by atoms with Crippen LogP contribution in [-0.2, 0) is 6.42 Å². The van der Waals surface area contributed by atoms with Crippen molar-refractivity contribution >= 4 is 43.2 Å². The molecule has 20 heavy (non-hydrogen) atoms. The lowest BCUT2D eigenvalue weighted by Crippen LogP contribution is -2.09. The fraction of sp³-hybridized carbons (Fsp3) is 0.500. The first-order valence-electron chi connectivity index (χ1n) is 6.71. The Hall–Kier alpha value is -0.170. The van der Waals surface area contributed by atoms with E-state index in [1.165, 1.54) is 0 Å². The molecule has 0 radical (unpaired) electrons. The Morgan fingerprint density at radius 3 is 2.60 bits per heavy atom. The third-order valence-electron chi connectivity index (χ3n) is 3.42. The van der Waals surface area contributed by atoms with Gasteiger partial charge in [-0.2, -0.15) is 5.10 Å². The first-order valence-corrected chi connectivity index (χ1v) is 9.12. The summed E-state index contributed by atoms with van der Waals surface area (Å²) < 4.78 is 4.00. The zero-order chi connectivity index (χ0) is 14.7. The average molecular weight is 422 g/mol. The van der Waals surface area contributed by atoms with Crippen molar-refractivity contribution in [1.29, 1.82) is 0 Å². The fourth-order valence-electron chi connectivity index (χ4n) is 2.24. The number of hydrogen-bond donors (Lipinski definition) is 1. The molecule has 2 aromatic rings. The molecule has 0 aliphatic rings. The third kappa shape index (κ3) is 3.72. The molecule has 1 N–H and O–H groups in total. The van der Waals surface area contributed by atoms with Crippen LogP contribution in [0.25, 0.3) is 0 Å². The van der Waals surface area contributed by atoms with E-state index in [1.54, 1.807) is 11.3 Å². The minimum atomic E-state index is -0.531. The first kappa shape index (κ1) is 16.2. The molecule has 0 spiro atoms. The van der Waals surface area contributed by atoms with E-state index in [2.05, 4.69) is 50.8 Å². The van der Waals surface area contributed by atoms with Crippen LogP contribution in [0.1, 0.15) is 50.1 Å². The highest BCUT2D eigenvalue weighted by molar-refractivity contribution is 9.12. The van der Waals surface area contributed by atoms with Gasteiger partial charge in [0, 0.05) is 18.2 Å². The van der Waals surface area contributed by atoms with Gasteiger partial charge in [0.2, 0.25) is 0 Å². The number of thiophene rings is 1. The topological polar surface area (TPSA) is 38.0 Å². The van der Waals surface area contributed by atoms with Gasteiger partial charge in [-0.15, -0.1) is 11.3 Å². The normalized spacial score (nSPS) is 13.1. The number of hydrogen-bond acceptors (Lipinski definition) is 3. The predicted molar refractivity (Wildman–Crippen MR) is 90.2 cm³/mol. The van der Waals surface area contributed by atoms with E-state index in [0.717, 1.165) is 31.7 Å². The van der Waals surface area contributed by atoms with Crippen molar-refractivity contribution in [2.75, 3.05) is 0 Å². The Morgan fingerprint density at radius 2 is 2.05 bits per heavy atom. The Balaban J connectivity index is 2.08. The number of halogens is 2. The molecule has 0 aliphatic carbocycles. The summed E-state index contributed by atoms with van der Waals surface area (Å²) in [6.45, 7) is 4.34. The molecule has 1 unspecified atom stereocenters. The van der Waals surface area contributed by atoms with Crippen LogP contribution in [0.4, 0.5) is 0 Å². The molecular weight excluding hydrogens is 404 g/mol. The summed E-state index contributed by atoms with van der Waals surface area (Å²) in [5, 5.41) is 14.9. The molecule has 0 saturated carbocycles. The van der Waals surface area contributed by atoms with Gasteiger partial charge in [-0.1, -0.05) is 13.8 Å². The summed E-state index contributed by atoms with van der Waals surface area (Å²) in [6.07, 6.45) is 4.16. The van der Waals surface area contributed by atoms with Crippen LogP contribution in [0, 0.1) is 0 Å². The highest BCUT2D eigenvalue weighted by Gasteiger charge is 2.17. The zero-order valence-corrected chi connectivity index (χ0v) is 15.5. The quantitative estimate of drug-likeness (QED) is 0.703. The third-order valence-corrected chi connectivity index (χ3v) is 5.81. The predicted octanol–water partition coefficient (Wildman–Crippen LogP) is 5.11. The summed E-state index contributed by atoms with van der Waals surface area (Å²) in [5.41, 5.74) is 1.84. The lowest BCUT2D eigenvalue weighted by atomic mass is 10.1. The van der Waals surface area contributed by atoms with Crippen LogP contribution >= 0.6 is 43.2 Å². The van der Waals surface area contributed by atoms with Gasteiger partial charge in [0.1, 0.15) is 0 Å². The van der Waals surface area contributed by atoms with E-state index >= 15 is 0 Å². The van der Waals surface area contributed by atoms with Gasteiger partial charge in [0.15, 0.2) is 0 Å². The van der Waals surface area contributed by atoms with Gasteiger partial charge in [-0.25, -0.2) is 0 Å². The summed E-state index contributed by atoms with van der Waals surface area (Å²) >= 11 is 8.49. The molecule has 0 amide bonds. The average Bonchev–Trinajstić information content (AvgIpc) is 2.98. The maximum Gasteiger partial charge on any atom is 0.0865 e. The van der Waals surface area contributed by atoms with Crippen molar-refractivity contribution in [1.82, 2.24) is 9.78 Å². The van der Waals surface area contributed by atoms with Crippen molar-refractivity contribution in [2.24, 2.45) is 0 Å². The summed E-state index contributed by atoms with van der Waals surface area (Å²) in [7, 11) is 0. The van der Waals surface area contributed by atoms with E-state index in [0.29, 0.717) is 12.5 Å². The SMILES string of the molecule is CCC(CC)n1ccc(CC(O)c2cc(Br)sc2Br)n1. The second kappa shape index (κ2) is 7.20. The number of rotatable bonds is 6. The van der Waals surface area contributed by atoms with Crippen LogP contribution in [0.3, 0.4) is 0 Å².